The van der Waals surface area contributed by atoms with Crippen LogP contribution >= 0.6 is 36.2 Å². The molecule has 9 heteroatoms. The van der Waals surface area contributed by atoms with E-state index in [2.05, 4.69) is 20.5 Å². The monoisotopic (exact) mass is 396 g/mol. The van der Waals surface area contributed by atoms with Gasteiger partial charge >= 0.3 is 0 Å². The summed E-state index contributed by atoms with van der Waals surface area (Å²) >= 11 is 1.49. The Bertz CT molecular complexity index is 511. The highest BCUT2D eigenvalue weighted by Crippen LogP contribution is 2.19. The summed E-state index contributed by atoms with van der Waals surface area (Å²) in [5.41, 5.74) is 1.04. The van der Waals surface area contributed by atoms with Gasteiger partial charge in [-0.15, -0.1) is 36.2 Å². The average molecular weight is 397 g/mol. The summed E-state index contributed by atoms with van der Waals surface area (Å²) in [6.45, 7) is 6.47. The van der Waals surface area contributed by atoms with Gasteiger partial charge in [-0.2, -0.15) is 0 Å². The number of halogens is 2. The number of rotatable bonds is 4. The number of nitrogens with one attached hydrogen (secondary N) is 2. The number of carbonyl (C=O) groups is 1. The quantitative estimate of drug-likeness (QED) is 0.816. The number of aromatic nitrogens is 1. The van der Waals surface area contributed by atoms with Crippen LogP contribution in [0, 0.1) is 0 Å². The number of carbonyl (C=O) groups excluding carboxylic acids is 1. The number of thiazole rings is 1. The fourth-order valence-corrected chi connectivity index (χ4v) is 3.70. The predicted octanol–water partition coefficient (Wildman–Crippen LogP) is 2.29. The lowest BCUT2D eigenvalue weighted by atomic mass is 10.1. The Morgan fingerprint density at radius 1 is 1.42 bits per heavy atom. The van der Waals surface area contributed by atoms with Gasteiger partial charge in [0.25, 0.3) is 0 Å². The smallest absolute Gasteiger partial charge is 0.245 e. The van der Waals surface area contributed by atoms with E-state index >= 15 is 0 Å². The molecule has 24 heavy (non-hydrogen) atoms. The Kier molecular flexibility index (Phi) is 9.48. The van der Waals surface area contributed by atoms with Crippen molar-refractivity contribution in [2.45, 2.75) is 44.9 Å². The Hall–Kier alpha value is -0.440. The van der Waals surface area contributed by atoms with Crippen molar-refractivity contribution in [2.24, 2.45) is 0 Å². The number of anilines is 1. The number of nitrogens with zero attached hydrogens (tertiary/aromatic N) is 2. The molecular weight excluding hydrogens is 371 g/mol. The zero-order valence-electron chi connectivity index (χ0n) is 13.8. The van der Waals surface area contributed by atoms with Crippen molar-refractivity contribution in [3.05, 3.63) is 11.1 Å². The van der Waals surface area contributed by atoms with Crippen LogP contribution in [0.25, 0.3) is 0 Å². The molecule has 0 saturated carbocycles. The molecule has 3 rings (SSSR count). The molecule has 1 aromatic rings. The summed E-state index contributed by atoms with van der Waals surface area (Å²) in [5.74, 6) is -0.0638. The highest BCUT2D eigenvalue weighted by Gasteiger charge is 2.28. The molecule has 0 radical (unpaired) electrons. The second kappa shape index (κ2) is 10.5. The maximum absolute atomic E-state index is 12.3. The number of morpholine rings is 1. The van der Waals surface area contributed by atoms with E-state index in [1.165, 1.54) is 30.6 Å². The van der Waals surface area contributed by atoms with Crippen LogP contribution in [-0.2, 0) is 16.1 Å². The third-order valence-electron chi connectivity index (χ3n) is 4.22. The first-order valence-corrected chi connectivity index (χ1v) is 8.93. The molecule has 0 bridgehead atoms. The first-order valence-electron chi connectivity index (χ1n) is 8.05. The first-order chi connectivity index (χ1) is 10.7. The molecule has 0 unspecified atom stereocenters. The van der Waals surface area contributed by atoms with E-state index in [1.54, 1.807) is 0 Å². The summed E-state index contributed by atoms with van der Waals surface area (Å²) in [6, 6.07) is -0.303. The molecule has 0 aromatic carbocycles. The first kappa shape index (κ1) is 21.6. The van der Waals surface area contributed by atoms with Crippen LogP contribution in [0.15, 0.2) is 5.38 Å². The van der Waals surface area contributed by atoms with Crippen LogP contribution in [0.4, 0.5) is 5.13 Å². The Balaban J connectivity index is 0.00000144. The molecule has 2 fully saturated rings. The maximum atomic E-state index is 12.3. The largest absolute Gasteiger partial charge is 0.375 e. The minimum absolute atomic E-state index is 0. The summed E-state index contributed by atoms with van der Waals surface area (Å²) < 4.78 is 5.51. The van der Waals surface area contributed by atoms with E-state index < -0.39 is 0 Å². The van der Waals surface area contributed by atoms with Crippen molar-refractivity contribution >= 4 is 47.2 Å². The predicted molar refractivity (Wildman–Crippen MR) is 102 cm³/mol. The lowest BCUT2D eigenvalue weighted by molar-refractivity contribution is -0.123. The summed E-state index contributed by atoms with van der Waals surface area (Å²) in [7, 11) is 0. The second-order valence-electron chi connectivity index (χ2n) is 5.98. The topological polar surface area (TPSA) is 66.5 Å². The van der Waals surface area contributed by atoms with E-state index in [-0.39, 0.29) is 42.9 Å². The summed E-state index contributed by atoms with van der Waals surface area (Å²) in [5, 5.41) is 8.82. The van der Waals surface area contributed by atoms with Gasteiger partial charge in [-0.1, -0.05) is 6.42 Å². The van der Waals surface area contributed by atoms with E-state index in [1.807, 2.05) is 12.3 Å². The van der Waals surface area contributed by atoms with Crippen molar-refractivity contribution in [3.8, 4) is 0 Å². The fraction of sp³-hybridized carbons (Fsp3) is 0.733. The average Bonchev–Trinajstić information content (AvgIpc) is 2.95. The standard InChI is InChI=1S/C15H24N4O2S.2ClH/c1-11-13(16-5-8-21-11)14(20)18-15-17-12(10-22-15)9-19-6-3-2-4-7-19;;/h10-11,13,16H,2-9H2,1H3,(H,17,18,20);2*1H/t11-,13+;;/m1../s1. The van der Waals surface area contributed by atoms with E-state index in [0.717, 1.165) is 25.3 Å². The van der Waals surface area contributed by atoms with Crippen molar-refractivity contribution in [1.29, 1.82) is 0 Å². The lowest BCUT2D eigenvalue weighted by Crippen LogP contribution is -2.53. The molecule has 2 N–H and O–H groups in total. The van der Waals surface area contributed by atoms with Crippen LogP contribution in [0.2, 0.25) is 0 Å². The minimum Gasteiger partial charge on any atom is -0.375 e. The van der Waals surface area contributed by atoms with Crippen LogP contribution < -0.4 is 10.6 Å². The van der Waals surface area contributed by atoms with Gasteiger partial charge in [0.2, 0.25) is 5.91 Å². The SMILES string of the molecule is C[C@H]1OCCN[C@@H]1C(=O)Nc1nc(CN2CCCCC2)cs1.Cl.Cl. The van der Waals surface area contributed by atoms with Gasteiger partial charge in [-0.05, 0) is 32.9 Å². The Morgan fingerprint density at radius 3 is 2.88 bits per heavy atom. The molecule has 6 nitrogen and oxygen atoms in total. The van der Waals surface area contributed by atoms with Crippen molar-refractivity contribution < 1.29 is 9.53 Å². The molecule has 138 valence electrons. The van der Waals surface area contributed by atoms with Crippen molar-refractivity contribution in [3.63, 3.8) is 0 Å². The van der Waals surface area contributed by atoms with Gasteiger partial charge < -0.3 is 15.4 Å². The van der Waals surface area contributed by atoms with E-state index in [9.17, 15) is 4.79 Å². The number of ether oxygens (including phenoxy) is 1. The van der Waals surface area contributed by atoms with Crippen LogP contribution in [0.1, 0.15) is 31.9 Å². The van der Waals surface area contributed by atoms with Crippen LogP contribution in [0.5, 0.6) is 0 Å². The molecule has 1 amide bonds. The highest BCUT2D eigenvalue weighted by atomic mass is 35.5. The zero-order chi connectivity index (χ0) is 15.4. The van der Waals surface area contributed by atoms with Crippen LogP contribution in [0.3, 0.4) is 0 Å². The molecule has 0 aliphatic carbocycles. The number of piperidine rings is 1. The number of hydrogen-bond donors (Lipinski definition) is 2. The van der Waals surface area contributed by atoms with Gasteiger partial charge in [0, 0.05) is 18.5 Å². The van der Waals surface area contributed by atoms with E-state index in [0.29, 0.717) is 18.3 Å². The minimum atomic E-state index is -0.303. The van der Waals surface area contributed by atoms with Gasteiger partial charge in [0.1, 0.15) is 6.04 Å². The summed E-state index contributed by atoms with van der Waals surface area (Å²) in [6.07, 6.45) is 3.78. The van der Waals surface area contributed by atoms with Crippen LogP contribution in [-0.4, -0.2) is 54.2 Å². The highest BCUT2D eigenvalue weighted by molar-refractivity contribution is 7.13. The zero-order valence-corrected chi connectivity index (χ0v) is 16.3. The van der Waals surface area contributed by atoms with Gasteiger partial charge in [-0.3, -0.25) is 9.69 Å². The molecule has 2 saturated heterocycles. The van der Waals surface area contributed by atoms with Gasteiger partial charge in [-0.25, -0.2) is 4.98 Å². The Labute approximate surface area is 159 Å². The summed E-state index contributed by atoms with van der Waals surface area (Å²) in [4.78, 5) is 19.3. The lowest BCUT2D eigenvalue weighted by Gasteiger charge is -2.28. The molecule has 2 atom stereocenters. The third-order valence-corrected chi connectivity index (χ3v) is 5.02. The Morgan fingerprint density at radius 2 is 2.17 bits per heavy atom. The van der Waals surface area contributed by atoms with Gasteiger partial charge in [0.15, 0.2) is 5.13 Å². The molecular formula is C15H26Cl2N4O2S. The number of amides is 1. The van der Waals surface area contributed by atoms with Gasteiger partial charge in [0.05, 0.1) is 18.4 Å². The molecule has 2 aliphatic heterocycles. The fourth-order valence-electron chi connectivity index (χ4n) is 2.99. The number of likely N-dealkylation sites (tertiary alicyclic amines) is 1. The molecule has 2 aliphatic rings. The molecule has 1 aromatic heterocycles. The molecule has 0 spiro atoms. The maximum Gasteiger partial charge on any atom is 0.245 e. The number of hydrogen-bond acceptors (Lipinski definition) is 6. The third kappa shape index (κ3) is 5.82. The van der Waals surface area contributed by atoms with Crippen molar-refractivity contribution in [1.82, 2.24) is 15.2 Å². The van der Waals surface area contributed by atoms with E-state index in [4.69, 9.17) is 4.74 Å². The normalized spacial score (nSPS) is 24.5. The second-order valence-corrected chi connectivity index (χ2v) is 6.84. The van der Waals surface area contributed by atoms with Crippen molar-refractivity contribution in [2.75, 3.05) is 31.6 Å². The molecule has 3 heterocycles.